The number of ether oxygens (including phenoxy) is 1. The Hall–Kier alpha value is -2.43. The van der Waals surface area contributed by atoms with Crippen molar-refractivity contribution in [3.05, 3.63) is 29.6 Å². The summed E-state index contributed by atoms with van der Waals surface area (Å²) in [7, 11) is 2.88. The van der Waals surface area contributed by atoms with Crippen LogP contribution in [0.5, 0.6) is 0 Å². The third-order valence-corrected chi connectivity index (χ3v) is 3.53. The first-order valence-corrected chi connectivity index (χ1v) is 7.52. The molecule has 0 saturated heterocycles. The highest BCUT2D eigenvalue weighted by molar-refractivity contribution is 5.92. The van der Waals surface area contributed by atoms with E-state index in [1.165, 1.54) is 13.4 Å². The van der Waals surface area contributed by atoms with Gasteiger partial charge in [-0.15, -0.1) is 10.2 Å². The quantitative estimate of drug-likeness (QED) is 0.757. The summed E-state index contributed by atoms with van der Waals surface area (Å²) in [4.78, 5) is 12.3. The molecule has 25 heavy (non-hydrogen) atoms. The van der Waals surface area contributed by atoms with Crippen LogP contribution in [0.3, 0.4) is 0 Å². The molecule has 2 rings (SSSR count). The van der Waals surface area contributed by atoms with E-state index in [0.717, 1.165) is 11.1 Å². The van der Waals surface area contributed by atoms with Crippen LogP contribution in [0.15, 0.2) is 12.4 Å². The van der Waals surface area contributed by atoms with Crippen molar-refractivity contribution in [2.75, 3.05) is 13.7 Å². The molecule has 0 unspecified atom stereocenters. The van der Waals surface area contributed by atoms with Crippen molar-refractivity contribution < 1.29 is 22.7 Å². The normalized spacial score (nSPS) is 13.0. The predicted octanol–water partition coefficient (Wildman–Crippen LogP) is 1.56. The molecule has 2 aromatic rings. The van der Waals surface area contributed by atoms with Gasteiger partial charge in [-0.25, -0.2) is 0 Å². The van der Waals surface area contributed by atoms with Crippen molar-refractivity contribution in [2.24, 2.45) is 7.05 Å². The van der Waals surface area contributed by atoms with Crippen molar-refractivity contribution in [3.8, 4) is 0 Å². The molecule has 11 heteroatoms. The molecule has 0 aromatic carbocycles. The van der Waals surface area contributed by atoms with Gasteiger partial charge in [0.1, 0.15) is 12.0 Å². The van der Waals surface area contributed by atoms with E-state index in [-0.39, 0.29) is 5.69 Å². The zero-order valence-electron chi connectivity index (χ0n) is 14.0. The van der Waals surface area contributed by atoms with E-state index in [1.807, 2.05) is 0 Å². The number of methoxy groups -OCH3 is 1. The zero-order chi connectivity index (χ0) is 18.6. The molecule has 1 atom stereocenters. The molecule has 1 amide bonds. The van der Waals surface area contributed by atoms with Gasteiger partial charge in [-0.3, -0.25) is 9.48 Å². The van der Waals surface area contributed by atoms with Crippen LogP contribution >= 0.6 is 0 Å². The fourth-order valence-electron chi connectivity index (χ4n) is 2.30. The number of nitrogens with zero attached hydrogens (tertiary/aromatic N) is 5. The summed E-state index contributed by atoms with van der Waals surface area (Å²) in [5, 5.41) is 13.7. The molecule has 0 spiro atoms. The molecule has 0 aliphatic rings. The number of alkyl halides is 3. The summed E-state index contributed by atoms with van der Waals surface area (Å²) in [5.74, 6) is -0.174. The Balaban J connectivity index is 2.08. The van der Waals surface area contributed by atoms with Gasteiger partial charge in [-0.2, -0.15) is 18.3 Å². The van der Waals surface area contributed by atoms with Crippen molar-refractivity contribution in [2.45, 2.75) is 32.1 Å². The summed E-state index contributed by atoms with van der Waals surface area (Å²) >= 11 is 0. The van der Waals surface area contributed by atoms with Gasteiger partial charge in [0.2, 0.25) is 0 Å². The molecule has 2 heterocycles. The maximum Gasteiger partial charge on any atom is 0.435 e. The van der Waals surface area contributed by atoms with Gasteiger partial charge < -0.3 is 14.6 Å². The molecule has 138 valence electrons. The van der Waals surface area contributed by atoms with Crippen molar-refractivity contribution in [1.29, 1.82) is 0 Å². The predicted molar refractivity (Wildman–Crippen MR) is 80.6 cm³/mol. The van der Waals surface area contributed by atoms with Crippen LogP contribution in [0.1, 0.15) is 41.4 Å². The number of hydrogen-bond donors (Lipinski definition) is 1. The van der Waals surface area contributed by atoms with Crippen molar-refractivity contribution in [1.82, 2.24) is 29.9 Å². The van der Waals surface area contributed by atoms with Crippen LogP contribution in [-0.2, 0) is 24.5 Å². The number of aromatic nitrogens is 5. The van der Waals surface area contributed by atoms with E-state index in [0.29, 0.717) is 25.0 Å². The van der Waals surface area contributed by atoms with Gasteiger partial charge in [0.05, 0.1) is 6.04 Å². The number of amides is 1. The first kappa shape index (κ1) is 18.9. The number of hydrogen-bond acceptors (Lipinski definition) is 5. The molecule has 8 nitrogen and oxygen atoms in total. The first-order valence-electron chi connectivity index (χ1n) is 7.52. The van der Waals surface area contributed by atoms with Crippen LogP contribution in [-0.4, -0.2) is 44.2 Å². The summed E-state index contributed by atoms with van der Waals surface area (Å²) in [6.07, 6.45) is -2.35. The van der Waals surface area contributed by atoms with E-state index < -0.39 is 23.8 Å². The van der Waals surface area contributed by atoms with Gasteiger partial charge in [0.15, 0.2) is 11.5 Å². The molecular formula is C14H19F3N6O2. The van der Waals surface area contributed by atoms with Gasteiger partial charge in [0, 0.05) is 33.4 Å². The largest absolute Gasteiger partial charge is 0.435 e. The fraction of sp³-hybridized carbons (Fsp3) is 0.571. The topological polar surface area (TPSA) is 86.9 Å². The molecule has 0 radical (unpaired) electrons. The van der Waals surface area contributed by atoms with Gasteiger partial charge >= 0.3 is 6.18 Å². The van der Waals surface area contributed by atoms with Crippen LogP contribution in [0.25, 0.3) is 0 Å². The van der Waals surface area contributed by atoms with Crippen LogP contribution in [0.4, 0.5) is 13.2 Å². The molecule has 2 aromatic heterocycles. The zero-order valence-corrected chi connectivity index (χ0v) is 14.0. The Labute approximate surface area is 142 Å². The SMILES string of the molecule is COCCCn1cnnc1[C@@H](C)NC(=O)c1cc(C(F)(F)F)nn1C. The van der Waals surface area contributed by atoms with Crippen LogP contribution in [0.2, 0.25) is 0 Å². The minimum Gasteiger partial charge on any atom is -0.385 e. The Morgan fingerprint density at radius 3 is 2.76 bits per heavy atom. The monoisotopic (exact) mass is 360 g/mol. The Morgan fingerprint density at radius 1 is 1.44 bits per heavy atom. The fourth-order valence-corrected chi connectivity index (χ4v) is 2.30. The highest BCUT2D eigenvalue weighted by atomic mass is 19.4. The second-order valence-electron chi connectivity index (χ2n) is 5.46. The highest BCUT2D eigenvalue weighted by Gasteiger charge is 2.35. The molecule has 0 aliphatic heterocycles. The van der Waals surface area contributed by atoms with Crippen molar-refractivity contribution in [3.63, 3.8) is 0 Å². The van der Waals surface area contributed by atoms with E-state index >= 15 is 0 Å². The Bertz CT molecular complexity index is 724. The first-order chi connectivity index (χ1) is 11.7. The second kappa shape index (κ2) is 7.64. The van der Waals surface area contributed by atoms with Crippen molar-refractivity contribution >= 4 is 5.91 Å². The lowest BCUT2D eigenvalue weighted by atomic mass is 10.2. The minimum absolute atomic E-state index is 0.190. The second-order valence-corrected chi connectivity index (χ2v) is 5.46. The number of halogens is 3. The molecular weight excluding hydrogens is 341 g/mol. The standard InChI is InChI=1S/C14H19F3N6O2/c1-9(12-20-18-8-23(12)5-4-6-25-3)19-13(24)10-7-11(14(15,16)17)21-22(10)2/h7-9H,4-6H2,1-3H3,(H,19,24)/t9-/m1/s1. The van der Waals surface area contributed by atoms with Gasteiger partial charge in [-0.05, 0) is 13.3 Å². The number of carbonyl (C=O) groups excluding carboxylic acids is 1. The lowest BCUT2D eigenvalue weighted by Gasteiger charge is -2.14. The summed E-state index contributed by atoms with van der Waals surface area (Å²) in [5.41, 5.74) is -1.31. The summed E-state index contributed by atoms with van der Waals surface area (Å²) < 4.78 is 45.7. The Morgan fingerprint density at radius 2 is 2.16 bits per heavy atom. The maximum atomic E-state index is 12.7. The number of nitrogens with one attached hydrogen (secondary N) is 1. The number of rotatable bonds is 7. The lowest BCUT2D eigenvalue weighted by molar-refractivity contribution is -0.141. The minimum atomic E-state index is -4.61. The van der Waals surface area contributed by atoms with E-state index in [1.54, 1.807) is 18.6 Å². The molecule has 0 bridgehead atoms. The molecule has 0 fully saturated rings. The van der Waals surface area contributed by atoms with Crippen LogP contribution < -0.4 is 5.32 Å². The van der Waals surface area contributed by atoms with E-state index in [4.69, 9.17) is 4.74 Å². The molecule has 0 aliphatic carbocycles. The van der Waals surface area contributed by atoms with Gasteiger partial charge in [-0.1, -0.05) is 0 Å². The van der Waals surface area contributed by atoms with Crippen LogP contribution in [0, 0.1) is 0 Å². The van der Waals surface area contributed by atoms with E-state index in [2.05, 4.69) is 20.6 Å². The third kappa shape index (κ3) is 4.56. The van der Waals surface area contributed by atoms with E-state index in [9.17, 15) is 18.0 Å². The summed E-state index contributed by atoms with van der Waals surface area (Å²) in [6.45, 7) is 2.84. The average molecular weight is 360 g/mol. The summed E-state index contributed by atoms with van der Waals surface area (Å²) in [6, 6.07) is 0.174. The van der Waals surface area contributed by atoms with Gasteiger partial charge in [0.25, 0.3) is 5.91 Å². The number of carbonyl (C=O) groups is 1. The average Bonchev–Trinajstić information content (AvgIpc) is 3.13. The molecule has 0 saturated carbocycles. The Kier molecular flexibility index (Phi) is 5.77. The maximum absolute atomic E-state index is 12.7. The third-order valence-electron chi connectivity index (χ3n) is 3.53. The highest BCUT2D eigenvalue weighted by Crippen LogP contribution is 2.28. The molecule has 1 N–H and O–H groups in total. The number of aryl methyl sites for hydroxylation is 2. The lowest BCUT2D eigenvalue weighted by Crippen LogP contribution is -2.30. The smallest absolute Gasteiger partial charge is 0.385 e.